The van der Waals surface area contributed by atoms with Crippen molar-refractivity contribution in [2.75, 3.05) is 7.05 Å². The predicted molar refractivity (Wildman–Crippen MR) is 125 cm³/mol. The highest BCUT2D eigenvalue weighted by Gasteiger charge is 2.29. The highest BCUT2D eigenvalue weighted by atomic mass is 16.4. The Hall–Kier alpha value is -4.28. The van der Waals surface area contributed by atoms with Crippen molar-refractivity contribution in [2.24, 2.45) is 5.73 Å². The van der Waals surface area contributed by atoms with Crippen LogP contribution in [0.4, 0.5) is 0 Å². The molecule has 1 aromatic heterocycles. The van der Waals surface area contributed by atoms with Crippen LogP contribution < -0.4 is 11.1 Å². The molecular formula is C26H23N5O2. The topological polar surface area (TPSA) is 118 Å². The van der Waals surface area contributed by atoms with Crippen LogP contribution in [0.5, 0.6) is 0 Å². The summed E-state index contributed by atoms with van der Waals surface area (Å²) in [4.78, 5) is 12.4. The molecule has 3 aromatic carbocycles. The quantitative estimate of drug-likeness (QED) is 0.470. The zero-order valence-corrected chi connectivity index (χ0v) is 18.4. The second-order valence-corrected chi connectivity index (χ2v) is 8.03. The van der Waals surface area contributed by atoms with Crippen LogP contribution in [-0.4, -0.2) is 23.2 Å². The van der Waals surface area contributed by atoms with E-state index in [2.05, 4.69) is 21.6 Å². The van der Waals surface area contributed by atoms with Gasteiger partial charge in [0.1, 0.15) is 0 Å². The van der Waals surface area contributed by atoms with E-state index in [4.69, 9.17) is 10.2 Å². The first-order valence-electron chi connectivity index (χ1n) is 10.4. The first kappa shape index (κ1) is 21.9. The van der Waals surface area contributed by atoms with E-state index in [0.29, 0.717) is 40.1 Å². The molecule has 0 spiro atoms. The molecule has 4 rings (SSSR count). The van der Waals surface area contributed by atoms with Gasteiger partial charge in [-0.05, 0) is 54.3 Å². The fourth-order valence-electron chi connectivity index (χ4n) is 3.68. The number of hydrogen-bond donors (Lipinski definition) is 2. The highest BCUT2D eigenvalue weighted by Crippen LogP contribution is 2.31. The van der Waals surface area contributed by atoms with Gasteiger partial charge in [0.2, 0.25) is 11.8 Å². The van der Waals surface area contributed by atoms with Crippen LogP contribution >= 0.6 is 0 Å². The van der Waals surface area contributed by atoms with E-state index >= 15 is 0 Å². The SMILES string of the molecule is CNC(=O)c1cc(-c2nnc([C@](C)(N)Cc3ccccc3)o2)cc(-c2ccccc2C#N)c1. The third-order valence-corrected chi connectivity index (χ3v) is 5.36. The molecule has 164 valence electrons. The van der Waals surface area contributed by atoms with Crippen LogP contribution in [0.2, 0.25) is 0 Å². The summed E-state index contributed by atoms with van der Waals surface area (Å²) < 4.78 is 5.98. The Morgan fingerprint density at radius 3 is 2.48 bits per heavy atom. The summed E-state index contributed by atoms with van der Waals surface area (Å²) in [5.41, 5.74) is 9.59. The summed E-state index contributed by atoms with van der Waals surface area (Å²) in [7, 11) is 1.56. The number of benzene rings is 3. The molecule has 1 atom stereocenters. The molecule has 0 unspecified atom stereocenters. The number of nitrogens with zero attached hydrogens (tertiary/aromatic N) is 3. The van der Waals surface area contributed by atoms with Gasteiger partial charge in [-0.2, -0.15) is 5.26 Å². The molecule has 1 amide bonds. The average Bonchev–Trinajstić information content (AvgIpc) is 3.35. The van der Waals surface area contributed by atoms with Crippen molar-refractivity contribution < 1.29 is 9.21 Å². The van der Waals surface area contributed by atoms with Gasteiger partial charge in [0, 0.05) is 18.2 Å². The molecule has 1 heterocycles. The molecule has 0 aliphatic carbocycles. The van der Waals surface area contributed by atoms with Gasteiger partial charge in [-0.1, -0.05) is 48.5 Å². The Kier molecular flexibility index (Phi) is 6.03. The molecule has 3 N–H and O–H groups in total. The molecule has 0 radical (unpaired) electrons. The normalized spacial score (nSPS) is 12.5. The van der Waals surface area contributed by atoms with Crippen LogP contribution in [0.1, 0.15) is 34.3 Å². The number of carbonyl (C=O) groups excluding carboxylic acids is 1. The van der Waals surface area contributed by atoms with Gasteiger partial charge >= 0.3 is 0 Å². The maximum absolute atomic E-state index is 12.4. The number of hydrogen-bond acceptors (Lipinski definition) is 6. The number of nitriles is 1. The largest absolute Gasteiger partial charge is 0.419 e. The van der Waals surface area contributed by atoms with E-state index in [1.807, 2.05) is 55.5 Å². The lowest BCUT2D eigenvalue weighted by Gasteiger charge is -2.20. The fraction of sp³-hybridized carbons (Fsp3) is 0.154. The lowest BCUT2D eigenvalue weighted by molar-refractivity contribution is 0.0963. The molecule has 0 fully saturated rings. The molecular weight excluding hydrogens is 414 g/mol. The van der Waals surface area contributed by atoms with E-state index in [-0.39, 0.29) is 11.8 Å². The van der Waals surface area contributed by atoms with Crippen molar-refractivity contribution >= 4 is 5.91 Å². The minimum atomic E-state index is -0.874. The Morgan fingerprint density at radius 2 is 1.76 bits per heavy atom. The minimum Gasteiger partial charge on any atom is -0.419 e. The van der Waals surface area contributed by atoms with Gasteiger partial charge in [0.25, 0.3) is 5.91 Å². The van der Waals surface area contributed by atoms with Crippen LogP contribution in [0, 0.1) is 11.3 Å². The Bertz CT molecular complexity index is 1340. The van der Waals surface area contributed by atoms with Crippen LogP contribution in [0.25, 0.3) is 22.6 Å². The number of amides is 1. The second kappa shape index (κ2) is 9.07. The summed E-state index contributed by atoms with van der Waals surface area (Å²) >= 11 is 0. The zero-order valence-electron chi connectivity index (χ0n) is 18.4. The number of rotatable bonds is 6. The van der Waals surface area contributed by atoms with Crippen LogP contribution in [0.15, 0.2) is 77.2 Å². The van der Waals surface area contributed by atoms with Crippen LogP contribution in [0.3, 0.4) is 0 Å². The molecule has 0 aliphatic rings. The summed E-state index contributed by atoms with van der Waals surface area (Å²) in [6.07, 6.45) is 0.522. The van der Waals surface area contributed by atoms with Gasteiger partial charge in [0.05, 0.1) is 17.2 Å². The Labute approximate surface area is 191 Å². The van der Waals surface area contributed by atoms with Gasteiger partial charge in [-0.25, -0.2) is 0 Å². The minimum absolute atomic E-state index is 0.246. The number of nitrogens with one attached hydrogen (secondary N) is 1. The average molecular weight is 438 g/mol. The van der Waals surface area contributed by atoms with Crippen molar-refractivity contribution in [3.63, 3.8) is 0 Å². The van der Waals surface area contributed by atoms with Gasteiger partial charge in [-0.3, -0.25) is 4.79 Å². The third-order valence-electron chi connectivity index (χ3n) is 5.36. The number of carbonyl (C=O) groups is 1. The van der Waals surface area contributed by atoms with E-state index in [1.165, 1.54) is 0 Å². The zero-order chi connectivity index (χ0) is 23.4. The maximum atomic E-state index is 12.4. The molecule has 0 aliphatic heterocycles. The number of nitrogens with two attached hydrogens (primary N) is 1. The first-order valence-corrected chi connectivity index (χ1v) is 10.4. The molecule has 7 heteroatoms. The van der Waals surface area contributed by atoms with E-state index in [9.17, 15) is 10.1 Å². The van der Waals surface area contributed by atoms with E-state index in [1.54, 1.807) is 31.3 Å². The monoisotopic (exact) mass is 437 g/mol. The van der Waals surface area contributed by atoms with Gasteiger partial charge < -0.3 is 15.5 Å². The highest BCUT2D eigenvalue weighted by molar-refractivity contribution is 5.97. The molecule has 33 heavy (non-hydrogen) atoms. The summed E-state index contributed by atoms with van der Waals surface area (Å²) in [6, 6.07) is 24.5. The molecule has 7 nitrogen and oxygen atoms in total. The lowest BCUT2D eigenvalue weighted by Crippen LogP contribution is -2.35. The standard InChI is InChI=1S/C26H23N5O2/c1-26(28,15-17-8-4-3-5-9-17)25-31-30-24(33-25)21-13-19(12-20(14-21)23(32)29-2)22-11-7-6-10-18(22)16-27/h3-14H,15,28H2,1-2H3,(H,29,32)/t26-/m1/s1. The summed E-state index contributed by atoms with van der Waals surface area (Å²) in [5.74, 6) is 0.280. The van der Waals surface area contributed by atoms with Crippen molar-refractivity contribution in [1.82, 2.24) is 15.5 Å². The molecule has 4 aromatic rings. The van der Waals surface area contributed by atoms with Crippen molar-refractivity contribution in [3.05, 3.63) is 95.4 Å². The smallest absolute Gasteiger partial charge is 0.251 e. The Morgan fingerprint density at radius 1 is 1.06 bits per heavy atom. The summed E-state index contributed by atoms with van der Waals surface area (Å²) in [5, 5.41) is 20.6. The van der Waals surface area contributed by atoms with E-state index < -0.39 is 5.54 Å². The number of aromatic nitrogens is 2. The van der Waals surface area contributed by atoms with E-state index in [0.717, 1.165) is 5.56 Å². The van der Waals surface area contributed by atoms with Gasteiger partial charge in [-0.15, -0.1) is 10.2 Å². The predicted octanol–water partition coefficient (Wildman–Crippen LogP) is 4.05. The summed E-state index contributed by atoms with van der Waals surface area (Å²) in [6.45, 7) is 1.84. The van der Waals surface area contributed by atoms with Crippen molar-refractivity contribution in [1.29, 1.82) is 5.26 Å². The lowest BCUT2D eigenvalue weighted by atomic mass is 9.94. The van der Waals surface area contributed by atoms with Crippen molar-refractivity contribution in [2.45, 2.75) is 18.9 Å². The van der Waals surface area contributed by atoms with Crippen molar-refractivity contribution in [3.8, 4) is 28.7 Å². The maximum Gasteiger partial charge on any atom is 0.251 e. The molecule has 0 saturated carbocycles. The van der Waals surface area contributed by atoms with Crippen LogP contribution in [-0.2, 0) is 12.0 Å². The Balaban J connectivity index is 1.76. The first-order chi connectivity index (χ1) is 15.9. The third kappa shape index (κ3) is 4.66. The fourth-order valence-corrected chi connectivity index (χ4v) is 3.68. The van der Waals surface area contributed by atoms with Gasteiger partial charge in [0.15, 0.2) is 0 Å². The molecule has 0 saturated heterocycles. The second-order valence-electron chi connectivity index (χ2n) is 8.03. The molecule has 0 bridgehead atoms.